The Labute approximate surface area is 191 Å². The van der Waals surface area contributed by atoms with Crippen LogP contribution in [0.25, 0.3) is 22.5 Å². The van der Waals surface area contributed by atoms with Crippen molar-refractivity contribution in [2.24, 2.45) is 0 Å². The SMILES string of the molecule is CCCCCCc1cc(-c2ccccc2)n(S(=O)(=O)c2ccccc2)c1-c1ccccc1. The maximum atomic E-state index is 14.0. The van der Waals surface area contributed by atoms with Crippen molar-refractivity contribution in [3.05, 3.63) is 103 Å². The molecule has 0 radical (unpaired) electrons. The van der Waals surface area contributed by atoms with Gasteiger partial charge in [0.1, 0.15) is 0 Å². The lowest BCUT2D eigenvalue weighted by Crippen LogP contribution is -2.15. The van der Waals surface area contributed by atoms with Gasteiger partial charge in [0.15, 0.2) is 0 Å². The minimum Gasteiger partial charge on any atom is -0.233 e. The quantitative estimate of drug-likeness (QED) is 0.257. The van der Waals surface area contributed by atoms with E-state index in [2.05, 4.69) is 13.0 Å². The molecule has 0 saturated heterocycles. The van der Waals surface area contributed by atoms with Gasteiger partial charge in [-0.25, -0.2) is 12.4 Å². The van der Waals surface area contributed by atoms with Crippen molar-refractivity contribution in [3.63, 3.8) is 0 Å². The van der Waals surface area contributed by atoms with Crippen LogP contribution in [0.15, 0.2) is 102 Å². The van der Waals surface area contributed by atoms with Gasteiger partial charge < -0.3 is 0 Å². The highest BCUT2D eigenvalue weighted by molar-refractivity contribution is 7.90. The summed E-state index contributed by atoms with van der Waals surface area (Å²) in [6.07, 6.45) is 5.39. The Morgan fingerprint density at radius 3 is 1.84 bits per heavy atom. The first-order valence-electron chi connectivity index (χ1n) is 11.3. The van der Waals surface area contributed by atoms with Crippen LogP contribution in [0.5, 0.6) is 0 Å². The highest BCUT2D eigenvalue weighted by atomic mass is 32.2. The second-order valence-electron chi connectivity index (χ2n) is 8.03. The third kappa shape index (κ3) is 4.56. The molecule has 0 amide bonds. The van der Waals surface area contributed by atoms with Crippen LogP contribution in [0.1, 0.15) is 38.2 Å². The molecule has 0 bridgehead atoms. The molecule has 4 heteroatoms. The summed E-state index contributed by atoms with van der Waals surface area (Å²) >= 11 is 0. The fourth-order valence-corrected chi connectivity index (χ4v) is 5.72. The number of hydrogen-bond acceptors (Lipinski definition) is 2. The van der Waals surface area contributed by atoms with E-state index in [9.17, 15) is 8.42 Å². The highest BCUT2D eigenvalue weighted by Gasteiger charge is 2.27. The normalized spacial score (nSPS) is 11.5. The zero-order valence-corrected chi connectivity index (χ0v) is 19.3. The number of benzene rings is 3. The summed E-state index contributed by atoms with van der Waals surface area (Å²) in [4.78, 5) is 0.294. The minimum atomic E-state index is -3.79. The van der Waals surface area contributed by atoms with Crippen LogP contribution in [-0.2, 0) is 16.4 Å². The zero-order chi connectivity index (χ0) is 22.4. The molecule has 3 nitrogen and oxygen atoms in total. The van der Waals surface area contributed by atoms with Crippen molar-refractivity contribution >= 4 is 10.0 Å². The van der Waals surface area contributed by atoms with Gasteiger partial charge in [0.2, 0.25) is 0 Å². The molecular formula is C28H29NO2S. The first kappa shape index (κ1) is 22.1. The molecule has 0 aliphatic heterocycles. The van der Waals surface area contributed by atoms with Crippen molar-refractivity contribution in [1.82, 2.24) is 3.97 Å². The van der Waals surface area contributed by atoms with E-state index in [1.807, 2.05) is 66.7 Å². The van der Waals surface area contributed by atoms with Crippen LogP contribution in [0.3, 0.4) is 0 Å². The summed E-state index contributed by atoms with van der Waals surface area (Å²) in [5.74, 6) is 0. The predicted octanol–water partition coefficient (Wildman–Crippen LogP) is 7.18. The van der Waals surface area contributed by atoms with Crippen LogP contribution in [-0.4, -0.2) is 12.4 Å². The van der Waals surface area contributed by atoms with Crippen LogP contribution in [0.4, 0.5) is 0 Å². The van der Waals surface area contributed by atoms with Gasteiger partial charge in [0, 0.05) is 0 Å². The number of aryl methyl sites for hydroxylation is 1. The Balaban J connectivity index is 1.97. The standard InChI is InChI=1S/C28H29NO2S/c1-2-3-4-8-19-25-22-27(23-15-9-5-10-16-23)29(28(25)24-17-11-6-12-18-24)32(30,31)26-20-13-7-14-21-26/h5-7,9-18,20-22H,2-4,8,19H2,1H3. The van der Waals surface area contributed by atoms with E-state index in [0.717, 1.165) is 41.6 Å². The molecule has 4 rings (SSSR count). The smallest absolute Gasteiger partial charge is 0.233 e. The van der Waals surface area contributed by atoms with Crippen molar-refractivity contribution in [2.75, 3.05) is 0 Å². The third-order valence-electron chi connectivity index (χ3n) is 5.73. The first-order valence-corrected chi connectivity index (χ1v) is 12.7. The van der Waals surface area contributed by atoms with Crippen LogP contribution < -0.4 is 0 Å². The van der Waals surface area contributed by atoms with E-state index in [0.29, 0.717) is 10.6 Å². The Morgan fingerprint density at radius 2 is 1.25 bits per heavy atom. The molecule has 3 aromatic carbocycles. The average molecular weight is 444 g/mol. The molecule has 0 N–H and O–H groups in total. The monoisotopic (exact) mass is 443 g/mol. The maximum absolute atomic E-state index is 14.0. The molecule has 0 unspecified atom stereocenters. The van der Waals surface area contributed by atoms with Gasteiger partial charge >= 0.3 is 0 Å². The topological polar surface area (TPSA) is 39.1 Å². The van der Waals surface area contributed by atoms with E-state index in [1.165, 1.54) is 12.8 Å². The molecular weight excluding hydrogens is 414 g/mol. The highest BCUT2D eigenvalue weighted by Crippen LogP contribution is 2.37. The van der Waals surface area contributed by atoms with E-state index in [-0.39, 0.29) is 0 Å². The Kier molecular flexibility index (Phi) is 6.91. The average Bonchev–Trinajstić information content (AvgIpc) is 3.24. The summed E-state index contributed by atoms with van der Waals surface area (Å²) in [7, 11) is -3.79. The number of hydrogen-bond donors (Lipinski definition) is 0. The van der Waals surface area contributed by atoms with Gasteiger partial charge in [-0.15, -0.1) is 0 Å². The lowest BCUT2D eigenvalue weighted by atomic mass is 10.0. The van der Waals surface area contributed by atoms with Crippen molar-refractivity contribution in [3.8, 4) is 22.5 Å². The largest absolute Gasteiger partial charge is 0.268 e. The zero-order valence-electron chi connectivity index (χ0n) is 18.4. The van der Waals surface area contributed by atoms with E-state index in [4.69, 9.17) is 0 Å². The molecule has 0 fully saturated rings. The van der Waals surface area contributed by atoms with Gasteiger partial charge in [0.25, 0.3) is 10.0 Å². The van der Waals surface area contributed by atoms with Crippen LogP contribution in [0.2, 0.25) is 0 Å². The molecule has 1 heterocycles. The van der Waals surface area contributed by atoms with Gasteiger partial charge in [-0.1, -0.05) is 105 Å². The van der Waals surface area contributed by atoms with Crippen LogP contribution >= 0.6 is 0 Å². The second kappa shape index (κ2) is 10.0. The van der Waals surface area contributed by atoms with E-state index >= 15 is 0 Å². The third-order valence-corrected chi connectivity index (χ3v) is 7.46. The van der Waals surface area contributed by atoms with E-state index in [1.54, 1.807) is 28.2 Å². The molecule has 0 spiro atoms. The van der Waals surface area contributed by atoms with Gasteiger partial charge in [-0.05, 0) is 47.7 Å². The van der Waals surface area contributed by atoms with Gasteiger partial charge in [-0.2, -0.15) is 0 Å². The summed E-state index contributed by atoms with van der Waals surface area (Å²) in [6, 6.07) is 30.5. The van der Waals surface area contributed by atoms with Crippen molar-refractivity contribution in [2.45, 2.75) is 43.9 Å². The van der Waals surface area contributed by atoms with Gasteiger partial charge in [0.05, 0.1) is 16.3 Å². The maximum Gasteiger partial charge on any atom is 0.268 e. The lowest BCUT2D eigenvalue weighted by molar-refractivity contribution is 0.588. The fraction of sp³-hybridized carbons (Fsp3) is 0.214. The fourth-order valence-electron chi connectivity index (χ4n) is 4.13. The Bertz CT molecular complexity index is 1250. The molecule has 4 aromatic rings. The second-order valence-corrected chi connectivity index (χ2v) is 9.82. The summed E-state index contributed by atoms with van der Waals surface area (Å²) in [5, 5.41) is 0. The summed E-state index contributed by atoms with van der Waals surface area (Å²) < 4.78 is 29.5. The molecule has 32 heavy (non-hydrogen) atoms. The molecule has 0 saturated carbocycles. The number of rotatable bonds is 9. The predicted molar refractivity (Wildman–Crippen MR) is 132 cm³/mol. The summed E-state index contributed by atoms with van der Waals surface area (Å²) in [5.41, 5.74) is 4.36. The van der Waals surface area contributed by atoms with Crippen molar-refractivity contribution in [1.29, 1.82) is 0 Å². The van der Waals surface area contributed by atoms with Gasteiger partial charge in [-0.3, -0.25) is 0 Å². The molecule has 1 aromatic heterocycles. The minimum absolute atomic E-state index is 0.294. The molecule has 0 aliphatic carbocycles. The number of aromatic nitrogens is 1. The first-order chi connectivity index (χ1) is 15.6. The van der Waals surface area contributed by atoms with Crippen LogP contribution in [0, 0.1) is 0 Å². The van der Waals surface area contributed by atoms with Crippen molar-refractivity contribution < 1.29 is 8.42 Å². The Hall–Kier alpha value is -3.11. The van der Waals surface area contributed by atoms with E-state index < -0.39 is 10.0 Å². The number of unbranched alkanes of at least 4 members (excludes halogenated alkanes) is 3. The Morgan fingerprint density at radius 1 is 0.688 bits per heavy atom. The number of nitrogens with zero attached hydrogens (tertiary/aromatic N) is 1. The molecule has 164 valence electrons. The molecule has 0 aliphatic rings. The lowest BCUT2D eigenvalue weighted by Gasteiger charge is -2.16. The summed E-state index contributed by atoms with van der Waals surface area (Å²) in [6.45, 7) is 2.20. The molecule has 0 atom stereocenters.